The van der Waals surface area contributed by atoms with Crippen LogP contribution >= 0.6 is 0 Å². The molecule has 0 spiro atoms. The van der Waals surface area contributed by atoms with Crippen molar-refractivity contribution in [3.05, 3.63) is 0 Å². The second-order valence-corrected chi connectivity index (χ2v) is 5.94. The summed E-state index contributed by atoms with van der Waals surface area (Å²) in [6.07, 6.45) is -1.17. The number of likely N-dealkylation sites (N-methyl/N-ethyl adjacent to an activating group) is 1. The highest BCUT2D eigenvalue weighted by Crippen LogP contribution is 2.24. The number of ether oxygens (including phenoxy) is 1. The van der Waals surface area contributed by atoms with Gasteiger partial charge in [0, 0.05) is 38.8 Å². The Balaban J connectivity index is 1.66. The first kappa shape index (κ1) is 14.0. The van der Waals surface area contributed by atoms with E-state index in [4.69, 9.17) is 10.5 Å². The largest absolute Gasteiger partial charge is 0.447 e. The van der Waals surface area contributed by atoms with Gasteiger partial charge in [0.1, 0.15) is 12.8 Å². The van der Waals surface area contributed by atoms with E-state index in [1.54, 1.807) is 4.90 Å². The molecule has 3 fully saturated rings. The molecule has 3 rings (SSSR count). The number of cyclic esters (lactones) is 1. The molecule has 6 nitrogen and oxygen atoms in total. The Morgan fingerprint density at radius 3 is 2.85 bits per heavy atom. The van der Waals surface area contributed by atoms with E-state index in [1.165, 1.54) is 0 Å². The van der Waals surface area contributed by atoms with Gasteiger partial charge in [-0.05, 0) is 6.54 Å². The van der Waals surface area contributed by atoms with E-state index in [-0.39, 0.29) is 24.2 Å². The maximum Gasteiger partial charge on any atom is 0.410 e. The average Bonchev–Trinajstić information content (AvgIpc) is 2.79. The molecule has 3 unspecified atom stereocenters. The molecule has 3 saturated heterocycles. The van der Waals surface area contributed by atoms with E-state index in [1.807, 2.05) is 6.92 Å². The molecule has 0 bridgehead atoms. The molecule has 0 aromatic heterocycles. The highest BCUT2D eigenvalue weighted by molar-refractivity contribution is 5.70. The molecule has 3 aliphatic rings. The van der Waals surface area contributed by atoms with Crippen molar-refractivity contribution in [2.75, 3.05) is 45.9 Å². The number of carbonyl (C=O) groups excluding carboxylic acids is 1. The van der Waals surface area contributed by atoms with Gasteiger partial charge in [0.2, 0.25) is 0 Å². The fourth-order valence-corrected chi connectivity index (χ4v) is 3.64. The Bertz CT molecular complexity index is 371. The van der Waals surface area contributed by atoms with Gasteiger partial charge in [-0.1, -0.05) is 6.92 Å². The highest BCUT2D eigenvalue weighted by Gasteiger charge is 2.44. The van der Waals surface area contributed by atoms with Gasteiger partial charge in [-0.2, -0.15) is 0 Å². The number of hydrogen-bond acceptors (Lipinski definition) is 5. The van der Waals surface area contributed by atoms with E-state index < -0.39 is 6.17 Å². The minimum Gasteiger partial charge on any atom is -0.447 e. The highest BCUT2D eigenvalue weighted by atomic mass is 19.1. The summed E-state index contributed by atoms with van der Waals surface area (Å²) >= 11 is 0. The number of hydrogen-bond donors (Lipinski definition) is 1. The lowest BCUT2D eigenvalue weighted by Crippen LogP contribution is -2.67. The summed E-state index contributed by atoms with van der Waals surface area (Å²) in [5.41, 5.74) is 6.20. The van der Waals surface area contributed by atoms with Crippen LogP contribution in [0.2, 0.25) is 0 Å². The molecular weight excluding hydrogens is 263 g/mol. The molecule has 20 heavy (non-hydrogen) atoms. The van der Waals surface area contributed by atoms with Gasteiger partial charge in [-0.15, -0.1) is 0 Å². The fraction of sp³-hybridized carbons (Fsp3) is 0.923. The van der Waals surface area contributed by atoms with Crippen molar-refractivity contribution in [3.8, 4) is 0 Å². The first-order valence-electron chi connectivity index (χ1n) is 7.39. The molecule has 114 valence electrons. The number of amides is 1. The second-order valence-electron chi connectivity index (χ2n) is 5.94. The molecule has 7 heteroatoms. The number of rotatable bonds is 2. The third-order valence-electron chi connectivity index (χ3n) is 4.73. The number of alkyl halides is 1. The van der Waals surface area contributed by atoms with Crippen LogP contribution in [0.3, 0.4) is 0 Å². The fourth-order valence-electron chi connectivity index (χ4n) is 3.64. The predicted molar refractivity (Wildman–Crippen MR) is 72.2 cm³/mol. The maximum absolute atomic E-state index is 14.5. The Kier molecular flexibility index (Phi) is 3.83. The lowest BCUT2D eigenvalue weighted by atomic mass is 9.95. The van der Waals surface area contributed by atoms with Crippen LogP contribution in [0.1, 0.15) is 6.92 Å². The zero-order valence-electron chi connectivity index (χ0n) is 11.9. The number of halogens is 1. The van der Waals surface area contributed by atoms with E-state index >= 15 is 0 Å². The lowest BCUT2D eigenvalue weighted by Gasteiger charge is -2.47. The molecule has 0 radical (unpaired) electrons. The van der Waals surface area contributed by atoms with Crippen molar-refractivity contribution < 1.29 is 13.9 Å². The van der Waals surface area contributed by atoms with Crippen LogP contribution < -0.4 is 5.73 Å². The summed E-state index contributed by atoms with van der Waals surface area (Å²) in [5, 5.41) is 0. The Labute approximate surface area is 118 Å². The average molecular weight is 286 g/mol. The molecule has 0 aromatic rings. The Morgan fingerprint density at radius 1 is 1.35 bits per heavy atom. The second kappa shape index (κ2) is 5.46. The van der Waals surface area contributed by atoms with Crippen molar-refractivity contribution in [1.82, 2.24) is 14.7 Å². The topological polar surface area (TPSA) is 62.0 Å². The molecule has 2 N–H and O–H groups in total. The van der Waals surface area contributed by atoms with Crippen molar-refractivity contribution in [2.24, 2.45) is 5.73 Å². The van der Waals surface area contributed by atoms with E-state index in [2.05, 4.69) is 9.80 Å². The van der Waals surface area contributed by atoms with Gasteiger partial charge in [-0.3, -0.25) is 14.7 Å². The summed E-state index contributed by atoms with van der Waals surface area (Å²) in [4.78, 5) is 17.4. The van der Waals surface area contributed by atoms with Crippen LogP contribution in [-0.4, -0.2) is 91.0 Å². The molecule has 4 atom stereocenters. The van der Waals surface area contributed by atoms with Gasteiger partial charge < -0.3 is 10.5 Å². The number of nitrogens with two attached hydrogens (primary N) is 1. The quantitative estimate of drug-likeness (QED) is 0.741. The van der Waals surface area contributed by atoms with E-state index in [9.17, 15) is 9.18 Å². The molecular formula is C13H23FN4O2. The Morgan fingerprint density at radius 2 is 2.15 bits per heavy atom. The van der Waals surface area contributed by atoms with Crippen molar-refractivity contribution in [2.45, 2.75) is 31.2 Å². The third-order valence-corrected chi connectivity index (χ3v) is 4.73. The van der Waals surface area contributed by atoms with Crippen molar-refractivity contribution in [1.29, 1.82) is 0 Å². The van der Waals surface area contributed by atoms with Crippen molar-refractivity contribution >= 4 is 6.09 Å². The van der Waals surface area contributed by atoms with Gasteiger partial charge >= 0.3 is 6.09 Å². The molecule has 0 aliphatic carbocycles. The van der Waals surface area contributed by atoms with Gasteiger partial charge in [0.25, 0.3) is 0 Å². The first-order chi connectivity index (χ1) is 9.60. The number of piperidine rings is 1. The van der Waals surface area contributed by atoms with E-state index in [0.29, 0.717) is 32.8 Å². The zero-order chi connectivity index (χ0) is 14.3. The number of carbonyl (C=O) groups is 1. The molecule has 0 saturated carbocycles. The summed E-state index contributed by atoms with van der Waals surface area (Å²) in [7, 11) is 0. The van der Waals surface area contributed by atoms with Crippen LogP contribution in [0.15, 0.2) is 0 Å². The Hall–Kier alpha value is -0.920. The summed E-state index contributed by atoms with van der Waals surface area (Å²) in [5.74, 6) is 0. The number of piperazine rings is 1. The maximum atomic E-state index is 14.5. The zero-order valence-corrected chi connectivity index (χ0v) is 11.9. The minimum atomic E-state index is -0.928. The molecule has 0 aromatic carbocycles. The van der Waals surface area contributed by atoms with Crippen LogP contribution in [0.5, 0.6) is 0 Å². The third kappa shape index (κ3) is 2.38. The smallest absolute Gasteiger partial charge is 0.410 e. The SMILES string of the molecule is CCN1CC(N)C(N2CCN3C(=O)OC[C@H]3C2)C(F)C1. The summed E-state index contributed by atoms with van der Waals surface area (Å²) in [6.45, 7) is 6.41. The number of likely N-dealkylation sites (tertiary alicyclic amines) is 1. The van der Waals surface area contributed by atoms with Crippen LogP contribution in [0, 0.1) is 0 Å². The number of nitrogens with zero attached hydrogens (tertiary/aromatic N) is 3. The van der Waals surface area contributed by atoms with Crippen LogP contribution in [0.25, 0.3) is 0 Å². The molecule has 1 amide bonds. The van der Waals surface area contributed by atoms with Crippen LogP contribution in [0.4, 0.5) is 9.18 Å². The monoisotopic (exact) mass is 286 g/mol. The normalized spacial score (nSPS) is 39.8. The first-order valence-corrected chi connectivity index (χ1v) is 7.39. The van der Waals surface area contributed by atoms with Crippen LogP contribution in [-0.2, 0) is 4.74 Å². The summed E-state index contributed by atoms with van der Waals surface area (Å²) < 4.78 is 19.5. The summed E-state index contributed by atoms with van der Waals surface area (Å²) in [6, 6.07) is -0.362. The predicted octanol–water partition coefficient (Wildman–Crippen LogP) is -0.508. The van der Waals surface area contributed by atoms with Gasteiger partial charge in [-0.25, -0.2) is 9.18 Å². The standard InChI is InChI=1S/C13H23FN4O2/c1-2-16-6-10(14)12(11(15)7-16)17-3-4-18-9(5-17)8-20-13(18)19/h9-12H,2-8,15H2,1H3/t9-,10?,11?,12?/m1/s1. The number of fused-ring (bicyclic) bond motifs is 1. The molecule has 3 heterocycles. The van der Waals surface area contributed by atoms with E-state index in [0.717, 1.165) is 13.1 Å². The molecule has 3 aliphatic heterocycles. The van der Waals surface area contributed by atoms with Gasteiger partial charge in [0.05, 0.1) is 12.1 Å². The minimum absolute atomic E-state index is 0.0554. The van der Waals surface area contributed by atoms with Crippen molar-refractivity contribution in [3.63, 3.8) is 0 Å². The lowest BCUT2D eigenvalue weighted by molar-refractivity contribution is -0.00518. The van der Waals surface area contributed by atoms with Gasteiger partial charge in [0.15, 0.2) is 0 Å².